The Balaban J connectivity index is 4.10. The van der Waals surface area contributed by atoms with Crippen LogP contribution in [0.25, 0.3) is 0 Å². The van der Waals surface area contributed by atoms with E-state index in [1.807, 2.05) is 21.1 Å². The fourth-order valence-electron chi connectivity index (χ4n) is 9.97. The molecule has 2 atom stereocenters. The minimum atomic E-state index is -4.42. The summed E-state index contributed by atoms with van der Waals surface area (Å²) in [5, 5.41) is 0. The van der Waals surface area contributed by atoms with E-state index in [-0.39, 0.29) is 32.0 Å². The van der Waals surface area contributed by atoms with Gasteiger partial charge in [0.2, 0.25) is 0 Å². The minimum absolute atomic E-state index is 0.0167. The van der Waals surface area contributed by atoms with Crippen molar-refractivity contribution in [1.29, 1.82) is 0 Å². The van der Waals surface area contributed by atoms with Crippen molar-refractivity contribution in [3.63, 3.8) is 0 Å². The van der Waals surface area contributed by atoms with E-state index in [9.17, 15) is 19.0 Å². The highest BCUT2D eigenvalue weighted by Crippen LogP contribution is 2.43. The van der Waals surface area contributed by atoms with E-state index < -0.39 is 26.5 Å². The molecule has 0 bridgehead atoms. The summed E-state index contributed by atoms with van der Waals surface area (Å²) >= 11 is 0. The molecule has 0 heterocycles. The van der Waals surface area contributed by atoms with E-state index in [1.165, 1.54) is 96.3 Å². The first kappa shape index (κ1) is 92.6. The van der Waals surface area contributed by atoms with E-state index in [4.69, 9.17) is 18.5 Å². The summed E-state index contributed by atoms with van der Waals surface area (Å²) in [6.07, 6.45) is 119. The molecule has 1 N–H and O–H groups in total. The van der Waals surface area contributed by atoms with Crippen molar-refractivity contribution < 1.29 is 42.1 Å². The molecule has 0 spiro atoms. The second kappa shape index (κ2) is 75.8. The highest BCUT2D eigenvalue weighted by atomic mass is 31.2. The van der Waals surface area contributed by atoms with Crippen molar-refractivity contribution >= 4 is 19.8 Å². The quantitative estimate of drug-likeness (QED) is 0.0211. The summed E-state index contributed by atoms with van der Waals surface area (Å²) in [5.74, 6) is -0.834. The van der Waals surface area contributed by atoms with Gasteiger partial charge < -0.3 is 18.9 Å². The number of esters is 2. The van der Waals surface area contributed by atoms with Gasteiger partial charge in [0.1, 0.15) is 19.8 Å². The van der Waals surface area contributed by atoms with E-state index in [2.05, 4.69) is 220 Å². The third-order valence-corrected chi connectivity index (χ3v) is 16.8. The van der Waals surface area contributed by atoms with Gasteiger partial charge in [0.05, 0.1) is 27.7 Å². The topological polar surface area (TPSA) is 108 Å². The number of phosphoric ester groups is 1. The van der Waals surface area contributed by atoms with Crippen molar-refractivity contribution in [1.82, 2.24) is 0 Å². The molecular formula is C88H143NO8P+. The van der Waals surface area contributed by atoms with Gasteiger partial charge in [-0.25, -0.2) is 4.57 Å². The molecule has 0 aliphatic heterocycles. The molecule has 0 radical (unpaired) electrons. The van der Waals surface area contributed by atoms with E-state index in [1.54, 1.807) is 0 Å². The second-order valence-corrected chi connectivity index (χ2v) is 27.7. The maximum absolute atomic E-state index is 12.9. The molecule has 0 fully saturated rings. The number of carbonyl (C=O) groups is 2. The van der Waals surface area contributed by atoms with E-state index in [0.717, 1.165) is 154 Å². The minimum Gasteiger partial charge on any atom is -0.462 e. The molecule has 9 nitrogen and oxygen atoms in total. The van der Waals surface area contributed by atoms with E-state index in [0.29, 0.717) is 17.4 Å². The molecule has 0 saturated heterocycles. The van der Waals surface area contributed by atoms with Crippen LogP contribution in [0.3, 0.4) is 0 Å². The molecule has 0 aromatic rings. The number of likely N-dealkylation sites (N-methyl/N-ethyl adjacent to an activating group) is 1. The summed E-state index contributed by atoms with van der Waals surface area (Å²) in [7, 11) is 1.44. The maximum atomic E-state index is 12.9. The van der Waals surface area contributed by atoms with Gasteiger partial charge in [-0.1, -0.05) is 330 Å². The number of hydrogen-bond acceptors (Lipinski definition) is 7. The predicted molar refractivity (Wildman–Crippen MR) is 426 cm³/mol. The van der Waals surface area contributed by atoms with E-state index >= 15 is 0 Å². The van der Waals surface area contributed by atoms with Crippen molar-refractivity contribution in [3.8, 4) is 0 Å². The van der Waals surface area contributed by atoms with Crippen LogP contribution in [-0.2, 0) is 32.7 Å². The first-order valence-corrected chi connectivity index (χ1v) is 40.3. The Morgan fingerprint density at radius 1 is 0.316 bits per heavy atom. The van der Waals surface area contributed by atoms with Crippen LogP contribution >= 0.6 is 7.82 Å². The SMILES string of the molecule is CC/C=C\C/C=C\C/C=C\C/C=C\C/C=C\C/C=C\C/C=C\C/C=C\C/C=C\C/C=C\CCCCCCC(=O)OC(COC(=O)CCCCCCCCCCCCCCCCCCC/C=C\C/C=C\C/C=C\C/C=C\C/C=C\C/C=C\C/C=C\CC)COP(=O)(O)OCC[N+](C)(C)C. The van der Waals surface area contributed by atoms with Crippen molar-refractivity contribution in [2.45, 2.75) is 290 Å². The molecule has 0 saturated carbocycles. The van der Waals surface area contributed by atoms with Gasteiger partial charge in [-0.2, -0.15) is 0 Å². The third kappa shape index (κ3) is 79.6. The Hall–Kier alpha value is -5.41. The van der Waals surface area contributed by atoms with Gasteiger partial charge in [0, 0.05) is 12.8 Å². The average Bonchev–Trinajstić information content (AvgIpc) is 1.08. The van der Waals surface area contributed by atoms with Crippen molar-refractivity contribution in [2.24, 2.45) is 0 Å². The lowest BCUT2D eigenvalue weighted by molar-refractivity contribution is -0.870. The summed E-state index contributed by atoms with van der Waals surface area (Å²) < 4.78 is 34.7. The van der Waals surface area contributed by atoms with Gasteiger partial charge in [0.25, 0.3) is 0 Å². The van der Waals surface area contributed by atoms with Crippen molar-refractivity contribution in [2.75, 3.05) is 47.5 Å². The van der Waals surface area contributed by atoms with Gasteiger partial charge in [0.15, 0.2) is 6.10 Å². The number of phosphoric acid groups is 1. The lowest BCUT2D eigenvalue weighted by atomic mass is 10.0. The predicted octanol–water partition coefficient (Wildman–Crippen LogP) is 26.2. The third-order valence-electron chi connectivity index (χ3n) is 15.8. The van der Waals surface area contributed by atoms with Crippen LogP contribution in [0.1, 0.15) is 284 Å². The normalized spacial score (nSPS) is 14.2. The Kier molecular flexibility index (Phi) is 71.6. The molecule has 10 heteroatoms. The van der Waals surface area contributed by atoms with Gasteiger partial charge in [-0.15, -0.1) is 0 Å². The fraction of sp³-hybridized carbons (Fsp3) is 0.591. The van der Waals surface area contributed by atoms with Crippen molar-refractivity contribution in [3.05, 3.63) is 207 Å². The molecule has 2 unspecified atom stereocenters. The Morgan fingerprint density at radius 3 is 0.816 bits per heavy atom. The van der Waals surface area contributed by atoms with Crippen LogP contribution in [0.4, 0.5) is 0 Å². The molecule has 0 amide bonds. The number of unbranched alkanes of at least 4 members (excludes halogenated alkanes) is 21. The van der Waals surface area contributed by atoms with Gasteiger partial charge in [-0.3, -0.25) is 18.6 Å². The fourth-order valence-corrected chi connectivity index (χ4v) is 10.7. The van der Waals surface area contributed by atoms with Crippen LogP contribution in [0.5, 0.6) is 0 Å². The molecule has 0 aliphatic carbocycles. The summed E-state index contributed by atoms with van der Waals surface area (Å²) in [6.45, 7) is 4.17. The zero-order valence-electron chi connectivity index (χ0n) is 62.9. The maximum Gasteiger partial charge on any atom is 0.472 e. The Labute approximate surface area is 602 Å². The smallest absolute Gasteiger partial charge is 0.462 e. The molecule has 0 aromatic heterocycles. The second-order valence-electron chi connectivity index (χ2n) is 26.3. The van der Waals surface area contributed by atoms with Gasteiger partial charge >= 0.3 is 19.8 Å². The van der Waals surface area contributed by atoms with Crippen LogP contribution in [-0.4, -0.2) is 74.9 Å². The number of allylic oxidation sites excluding steroid dienone is 34. The highest BCUT2D eigenvalue weighted by molar-refractivity contribution is 7.47. The molecular weight excluding hydrogens is 1230 g/mol. The first-order valence-electron chi connectivity index (χ1n) is 38.8. The zero-order chi connectivity index (χ0) is 71.1. The van der Waals surface area contributed by atoms with Gasteiger partial charge in [-0.05, 0) is 148 Å². The molecule has 98 heavy (non-hydrogen) atoms. The standard InChI is InChI=1S/C88H142NO8P/c1-6-8-10-12-14-16-18-20-22-24-26-28-30-32-34-36-38-40-42-43-44-45-47-48-50-52-54-56-58-60-62-64-66-68-70-72-74-76-78-80-87(90)94-84-86(85-96-98(92,93)95-83-82-89(3,4)5)97-88(91)81-79-77-75-73-71-69-67-65-63-61-59-57-55-53-51-49-46-41-39-37-35-33-31-29-27-25-23-21-19-17-15-13-11-9-7-2/h8-11,14-17,20-23,26-29,32-35,38-41,43-44,49,51,55,57,61,63,67,69,86H,6-7,12-13,18-19,24-25,30-31,36-37,42,45-48,50,52-54,56,58-60,62,64-66,68,70-85H2,1-5H3/p+1/b10-8-,11-9-,16-14-,17-15-,22-20-,23-21-,28-26-,29-27-,34-32-,35-33-,40-38-,41-39-,44-43-,51-49-,57-55-,63-61-,69-67-. The van der Waals surface area contributed by atoms with Crippen LogP contribution in [0, 0.1) is 0 Å². The number of carbonyl (C=O) groups excluding carboxylic acids is 2. The number of rotatable bonds is 69. The first-order chi connectivity index (χ1) is 48.0. The molecule has 552 valence electrons. The number of nitrogens with zero attached hydrogens (tertiary/aromatic N) is 1. The molecule has 0 aliphatic rings. The Bertz CT molecular complexity index is 2410. The zero-order valence-corrected chi connectivity index (χ0v) is 63.8. The largest absolute Gasteiger partial charge is 0.472 e. The Morgan fingerprint density at radius 2 is 0.551 bits per heavy atom. The summed E-state index contributed by atoms with van der Waals surface area (Å²) in [5.41, 5.74) is 0. The number of ether oxygens (including phenoxy) is 2. The summed E-state index contributed by atoms with van der Waals surface area (Å²) in [6, 6.07) is 0. The summed E-state index contributed by atoms with van der Waals surface area (Å²) in [4.78, 5) is 36.0. The van der Waals surface area contributed by atoms with Crippen LogP contribution in [0.15, 0.2) is 207 Å². The number of hydrogen-bond donors (Lipinski definition) is 1. The highest BCUT2D eigenvalue weighted by Gasteiger charge is 2.27. The lowest BCUT2D eigenvalue weighted by Gasteiger charge is -2.24. The molecule has 0 rings (SSSR count). The monoisotopic (exact) mass is 1370 g/mol. The molecule has 0 aromatic carbocycles. The lowest BCUT2D eigenvalue weighted by Crippen LogP contribution is -2.37. The van der Waals surface area contributed by atoms with Crippen LogP contribution in [0.2, 0.25) is 0 Å². The number of quaternary nitrogens is 1. The average molecular weight is 1370 g/mol. The van der Waals surface area contributed by atoms with Crippen LogP contribution < -0.4 is 0 Å².